The quantitative estimate of drug-likeness (QED) is 0.712. The summed E-state index contributed by atoms with van der Waals surface area (Å²) in [7, 11) is -1.54. The standard InChI is InChI=1S/C20H19ClN2O4S2/c1-27-14-8-6-13(7-9-14)10-19(24)22-20-23(16-5-3-2-4-15(16)21)17-11-29(25,26)12-18(17)28-20/h2-9,17-18H,10-12H2,1H3/t17-,18+/m0/s1. The van der Waals surface area contributed by atoms with Gasteiger partial charge in [0.05, 0.1) is 41.8 Å². The summed E-state index contributed by atoms with van der Waals surface area (Å²) in [5, 5.41) is 0.832. The molecular formula is C20H19ClN2O4S2. The van der Waals surface area contributed by atoms with E-state index in [1.807, 2.05) is 35.2 Å². The Labute approximate surface area is 178 Å². The zero-order valence-electron chi connectivity index (χ0n) is 15.6. The van der Waals surface area contributed by atoms with Crippen molar-refractivity contribution in [3.8, 4) is 5.75 Å². The van der Waals surface area contributed by atoms with Crippen LogP contribution in [0.5, 0.6) is 5.75 Å². The Morgan fingerprint density at radius 1 is 1.21 bits per heavy atom. The van der Waals surface area contributed by atoms with Gasteiger partial charge in [-0.05, 0) is 29.8 Å². The maximum Gasteiger partial charge on any atom is 0.252 e. The molecule has 2 atom stereocenters. The van der Waals surface area contributed by atoms with Crippen LogP contribution in [-0.2, 0) is 21.1 Å². The molecule has 6 nitrogen and oxygen atoms in total. The molecule has 2 aromatic rings. The molecule has 2 heterocycles. The fourth-order valence-corrected chi connectivity index (χ4v) is 7.71. The van der Waals surface area contributed by atoms with Gasteiger partial charge in [0.2, 0.25) is 0 Å². The van der Waals surface area contributed by atoms with E-state index in [4.69, 9.17) is 16.3 Å². The van der Waals surface area contributed by atoms with Crippen molar-refractivity contribution in [3.05, 3.63) is 59.1 Å². The van der Waals surface area contributed by atoms with Crippen molar-refractivity contribution in [1.82, 2.24) is 0 Å². The topological polar surface area (TPSA) is 76.0 Å². The number of halogens is 1. The number of anilines is 1. The van der Waals surface area contributed by atoms with Crippen molar-refractivity contribution in [2.24, 2.45) is 4.99 Å². The van der Waals surface area contributed by atoms with Crippen molar-refractivity contribution in [2.45, 2.75) is 17.7 Å². The van der Waals surface area contributed by atoms with Crippen LogP contribution in [0.15, 0.2) is 53.5 Å². The number of hydrogen-bond donors (Lipinski definition) is 0. The van der Waals surface area contributed by atoms with Crippen LogP contribution in [-0.4, -0.2) is 49.4 Å². The number of aliphatic imine (C=N–C) groups is 1. The summed E-state index contributed by atoms with van der Waals surface area (Å²) in [6.07, 6.45) is 0.151. The number of amidine groups is 1. The highest BCUT2D eigenvalue weighted by Crippen LogP contribution is 2.43. The number of para-hydroxylation sites is 1. The predicted octanol–water partition coefficient (Wildman–Crippen LogP) is 3.19. The number of hydrogen-bond acceptors (Lipinski definition) is 5. The first-order valence-electron chi connectivity index (χ1n) is 9.01. The molecule has 0 bridgehead atoms. The highest BCUT2D eigenvalue weighted by molar-refractivity contribution is 8.16. The number of nitrogens with zero attached hydrogens (tertiary/aromatic N) is 2. The highest BCUT2D eigenvalue weighted by Gasteiger charge is 2.49. The van der Waals surface area contributed by atoms with Gasteiger partial charge in [-0.1, -0.05) is 47.6 Å². The van der Waals surface area contributed by atoms with Crippen LogP contribution in [0.3, 0.4) is 0 Å². The molecule has 0 N–H and O–H groups in total. The normalized spacial score (nSPS) is 23.9. The SMILES string of the molecule is COc1ccc(CC(=O)N=C2S[C@@H]3CS(=O)(=O)C[C@@H]3N2c2ccccc2Cl)cc1. The molecule has 2 aliphatic heterocycles. The minimum atomic E-state index is -3.12. The van der Waals surface area contributed by atoms with Crippen LogP contribution in [0.2, 0.25) is 5.02 Å². The second-order valence-electron chi connectivity index (χ2n) is 6.93. The lowest BCUT2D eigenvalue weighted by Crippen LogP contribution is -2.38. The molecule has 1 amide bonds. The Kier molecular flexibility index (Phi) is 5.59. The molecule has 0 unspecified atom stereocenters. The number of carbonyl (C=O) groups excluding carboxylic acids is 1. The molecule has 2 saturated heterocycles. The van der Waals surface area contributed by atoms with E-state index in [0.717, 1.165) is 11.3 Å². The molecule has 0 radical (unpaired) electrons. The van der Waals surface area contributed by atoms with Gasteiger partial charge in [0.15, 0.2) is 15.0 Å². The van der Waals surface area contributed by atoms with E-state index in [2.05, 4.69) is 4.99 Å². The summed E-state index contributed by atoms with van der Waals surface area (Å²) >= 11 is 7.71. The molecule has 2 fully saturated rings. The van der Waals surface area contributed by atoms with Crippen LogP contribution < -0.4 is 9.64 Å². The van der Waals surface area contributed by atoms with Gasteiger partial charge in [0.1, 0.15) is 5.75 Å². The van der Waals surface area contributed by atoms with Crippen molar-refractivity contribution >= 4 is 50.0 Å². The van der Waals surface area contributed by atoms with Gasteiger partial charge in [0.25, 0.3) is 5.91 Å². The summed E-state index contributed by atoms with van der Waals surface area (Å²) in [4.78, 5) is 18.8. The average molecular weight is 451 g/mol. The number of rotatable bonds is 4. The zero-order chi connectivity index (χ0) is 20.6. The largest absolute Gasteiger partial charge is 0.497 e. The van der Waals surface area contributed by atoms with Gasteiger partial charge in [-0.15, -0.1) is 0 Å². The molecule has 0 aliphatic carbocycles. The van der Waals surface area contributed by atoms with E-state index in [-0.39, 0.29) is 35.1 Å². The molecule has 4 rings (SSSR count). The maximum absolute atomic E-state index is 12.6. The van der Waals surface area contributed by atoms with E-state index in [9.17, 15) is 13.2 Å². The van der Waals surface area contributed by atoms with Crippen molar-refractivity contribution in [3.63, 3.8) is 0 Å². The third-order valence-electron chi connectivity index (χ3n) is 4.91. The van der Waals surface area contributed by atoms with E-state index in [1.165, 1.54) is 11.8 Å². The van der Waals surface area contributed by atoms with Crippen LogP contribution in [0.1, 0.15) is 5.56 Å². The Morgan fingerprint density at radius 2 is 1.93 bits per heavy atom. The molecule has 152 valence electrons. The van der Waals surface area contributed by atoms with Gasteiger partial charge in [0, 0.05) is 5.25 Å². The van der Waals surface area contributed by atoms with Crippen molar-refractivity contribution in [1.29, 1.82) is 0 Å². The fourth-order valence-electron chi connectivity index (χ4n) is 3.56. The molecule has 2 aliphatic rings. The van der Waals surface area contributed by atoms with E-state index in [1.54, 1.807) is 25.3 Å². The summed E-state index contributed by atoms with van der Waals surface area (Å²) in [6, 6.07) is 14.2. The number of sulfone groups is 1. The predicted molar refractivity (Wildman–Crippen MR) is 117 cm³/mol. The third kappa shape index (κ3) is 4.29. The van der Waals surface area contributed by atoms with Crippen LogP contribution in [0, 0.1) is 0 Å². The lowest BCUT2D eigenvalue weighted by atomic mass is 10.1. The third-order valence-corrected chi connectivity index (χ3v) is 8.44. The van der Waals surface area contributed by atoms with Gasteiger partial charge in [-0.2, -0.15) is 4.99 Å². The van der Waals surface area contributed by atoms with E-state index < -0.39 is 9.84 Å². The summed E-state index contributed by atoms with van der Waals surface area (Å²) in [5.41, 5.74) is 1.50. The van der Waals surface area contributed by atoms with Gasteiger partial charge in [-0.3, -0.25) is 4.79 Å². The monoisotopic (exact) mass is 450 g/mol. The Bertz CT molecular complexity index is 1070. The first-order chi connectivity index (χ1) is 13.9. The zero-order valence-corrected chi connectivity index (χ0v) is 18.0. The lowest BCUT2D eigenvalue weighted by molar-refractivity contribution is -0.117. The minimum Gasteiger partial charge on any atom is -0.497 e. The first-order valence-corrected chi connectivity index (χ1v) is 12.1. The number of methoxy groups -OCH3 is 1. The molecular weight excluding hydrogens is 432 g/mol. The van der Waals surface area contributed by atoms with Crippen LogP contribution >= 0.6 is 23.4 Å². The molecule has 0 saturated carbocycles. The Hall–Kier alpha value is -2.03. The maximum atomic E-state index is 12.6. The summed E-state index contributed by atoms with van der Waals surface area (Å²) < 4.78 is 29.4. The molecule has 29 heavy (non-hydrogen) atoms. The number of amides is 1. The van der Waals surface area contributed by atoms with Crippen LogP contribution in [0.4, 0.5) is 5.69 Å². The minimum absolute atomic E-state index is 0.0293. The summed E-state index contributed by atoms with van der Waals surface area (Å²) in [5.74, 6) is 0.534. The highest BCUT2D eigenvalue weighted by atomic mass is 35.5. The summed E-state index contributed by atoms with van der Waals surface area (Å²) in [6.45, 7) is 0. The van der Waals surface area contributed by atoms with E-state index in [0.29, 0.717) is 15.9 Å². The van der Waals surface area contributed by atoms with Gasteiger partial charge >= 0.3 is 0 Å². The fraction of sp³-hybridized carbons (Fsp3) is 0.300. The molecule has 9 heteroatoms. The number of ether oxygens (including phenoxy) is 1. The Balaban J connectivity index is 1.62. The van der Waals surface area contributed by atoms with Gasteiger partial charge < -0.3 is 9.64 Å². The molecule has 2 aromatic carbocycles. The van der Waals surface area contributed by atoms with Crippen molar-refractivity contribution in [2.75, 3.05) is 23.5 Å². The number of fused-ring (bicyclic) bond motifs is 1. The first kappa shape index (κ1) is 20.3. The average Bonchev–Trinajstić information content (AvgIpc) is 3.13. The number of benzene rings is 2. The van der Waals surface area contributed by atoms with Gasteiger partial charge in [-0.25, -0.2) is 8.42 Å². The van der Waals surface area contributed by atoms with E-state index >= 15 is 0 Å². The second-order valence-corrected chi connectivity index (χ2v) is 10.7. The number of thioether (sulfide) groups is 1. The second kappa shape index (κ2) is 8.01. The molecule has 0 aromatic heterocycles. The lowest BCUT2D eigenvalue weighted by Gasteiger charge is -2.25. The number of carbonyl (C=O) groups is 1. The smallest absolute Gasteiger partial charge is 0.252 e. The molecule has 0 spiro atoms. The van der Waals surface area contributed by atoms with Crippen molar-refractivity contribution < 1.29 is 17.9 Å². The Morgan fingerprint density at radius 3 is 2.62 bits per heavy atom. The van der Waals surface area contributed by atoms with Crippen LogP contribution in [0.25, 0.3) is 0 Å².